The number of alkyl carbamates (subject to hydrolysis) is 1. The third-order valence-electron chi connectivity index (χ3n) is 2.97. The maximum absolute atomic E-state index is 11.9. The van der Waals surface area contributed by atoms with E-state index in [-0.39, 0.29) is 18.2 Å². The van der Waals surface area contributed by atoms with E-state index in [1.165, 1.54) is 25.3 Å². The van der Waals surface area contributed by atoms with Crippen molar-refractivity contribution in [3.05, 3.63) is 54.2 Å². The smallest absolute Gasteiger partial charge is 0.408 e. The lowest BCUT2D eigenvalue weighted by Gasteiger charge is -2.14. The molecule has 0 unspecified atom stereocenters. The predicted molar refractivity (Wildman–Crippen MR) is 83.8 cm³/mol. The van der Waals surface area contributed by atoms with Gasteiger partial charge in [-0.05, 0) is 24.6 Å². The van der Waals surface area contributed by atoms with E-state index in [2.05, 4.69) is 15.6 Å². The van der Waals surface area contributed by atoms with E-state index in [0.29, 0.717) is 0 Å². The van der Waals surface area contributed by atoms with Crippen LogP contribution in [0.25, 0.3) is 0 Å². The number of aromatic hydroxyl groups is 1. The van der Waals surface area contributed by atoms with Crippen LogP contribution in [0.1, 0.15) is 12.5 Å². The summed E-state index contributed by atoms with van der Waals surface area (Å²) in [5.74, 6) is -0.640. The lowest BCUT2D eigenvalue weighted by molar-refractivity contribution is -0.117. The van der Waals surface area contributed by atoms with Crippen molar-refractivity contribution in [1.82, 2.24) is 10.3 Å². The van der Waals surface area contributed by atoms with Crippen molar-refractivity contribution in [3.63, 3.8) is 0 Å². The Morgan fingerprint density at radius 1 is 1.22 bits per heavy atom. The van der Waals surface area contributed by atoms with E-state index in [1.807, 2.05) is 30.3 Å². The molecule has 0 aliphatic rings. The molecular formula is C16H17N3O4. The molecule has 0 saturated heterocycles. The van der Waals surface area contributed by atoms with Crippen LogP contribution in [-0.4, -0.2) is 28.1 Å². The minimum absolute atomic E-state index is 0.0313. The van der Waals surface area contributed by atoms with E-state index >= 15 is 0 Å². The fraction of sp³-hybridized carbons (Fsp3) is 0.188. The maximum Gasteiger partial charge on any atom is 0.408 e. The van der Waals surface area contributed by atoms with Crippen molar-refractivity contribution in [1.29, 1.82) is 0 Å². The Kier molecular flexibility index (Phi) is 5.51. The standard InChI is InChI=1S/C16H17N3O4/c1-11(15(21)19-14-13(20)8-5-9-17-14)18-16(22)23-10-12-6-3-2-4-7-12/h2-9,11,20H,10H2,1H3,(H,18,22)(H,17,19,21)/t11-/m0/s1. The van der Waals surface area contributed by atoms with E-state index in [4.69, 9.17) is 4.74 Å². The molecule has 0 radical (unpaired) electrons. The molecule has 0 saturated carbocycles. The van der Waals surface area contributed by atoms with Crippen LogP contribution in [0.5, 0.6) is 5.75 Å². The SMILES string of the molecule is C[C@H](NC(=O)OCc1ccccc1)C(=O)Nc1ncccc1O. The largest absolute Gasteiger partial charge is 0.504 e. The molecule has 0 aliphatic heterocycles. The van der Waals surface area contributed by atoms with E-state index in [9.17, 15) is 14.7 Å². The molecule has 1 atom stereocenters. The zero-order valence-electron chi connectivity index (χ0n) is 12.5. The summed E-state index contributed by atoms with van der Waals surface area (Å²) in [5.41, 5.74) is 0.846. The molecule has 1 heterocycles. The molecule has 7 heteroatoms. The molecule has 0 aliphatic carbocycles. The van der Waals surface area contributed by atoms with Gasteiger partial charge >= 0.3 is 6.09 Å². The molecule has 1 aromatic carbocycles. The second-order valence-corrected chi connectivity index (χ2v) is 4.79. The molecule has 0 spiro atoms. The third kappa shape index (κ3) is 4.99. The Labute approximate surface area is 133 Å². The number of pyridine rings is 1. The number of rotatable bonds is 5. The van der Waals surface area contributed by atoms with Gasteiger partial charge in [0, 0.05) is 6.20 Å². The summed E-state index contributed by atoms with van der Waals surface area (Å²) < 4.78 is 5.03. The van der Waals surface area contributed by atoms with Crippen molar-refractivity contribution >= 4 is 17.8 Å². The van der Waals surface area contributed by atoms with E-state index in [1.54, 1.807) is 0 Å². The van der Waals surface area contributed by atoms with Gasteiger partial charge in [0.05, 0.1) is 0 Å². The van der Waals surface area contributed by atoms with Crippen LogP contribution in [-0.2, 0) is 16.1 Å². The summed E-state index contributed by atoms with van der Waals surface area (Å²) in [6.45, 7) is 1.61. The Morgan fingerprint density at radius 2 is 1.96 bits per heavy atom. The lowest BCUT2D eigenvalue weighted by Crippen LogP contribution is -2.41. The van der Waals surface area contributed by atoms with E-state index in [0.717, 1.165) is 5.56 Å². The van der Waals surface area contributed by atoms with Gasteiger partial charge in [-0.1, -0.05) is 30.3 Å². The second-order valence-electron chi connectivity index (χ2n) is 4.79. The summed E-state index contributed by atoms with van der Waals surface area (Å²) in [6, 6.07) is 11.3. The van der Waals surface area contributed by atoms with Crippen molar-refractivity contribution in [2.75, 3.05) is 5.32 Å². The normalized spacial score (nSPS) is 11.3. The first-order valence-corrected chi connectivity index (χ1v) is 6.98. The molecule has 120 valence electrons. The van der Waals surface area contributed by atoms with Crippen molar-refractivity contribution in [2.45, 2.75) is 19.6 Å². The van der Waals surface area contributed by atoms with Crippen LogP contribution in [0, 0.1) is 0 Å². The fourth-order valence-corrected chi connectivity index (χ4v) is 1.73. The number of carbonyl (C=O) groups is 2. The van der Waals surface area contributed by atoms with Crippen molar-refractivity contribution < 1.29 is 19.4 Å². The molecule has 2 rings (SSSR count). The lowest BCUT2D eigenvalue weighted by atomic mass is 10.2. The van der Waals surface area contributed by atoms with Gasteiger partial charge in [-0.25, -0.2) is 9.78 Å². The molecular weight excluding hydrogens is 298 g/mol. The Hall–Kier alpha value is -3.09. The highest BCUT2D eigenvalue weighted by Gasteiger charge is 2.18. The average Bonchev–Trinajstić information content (AvgIpc) is 2.56. The van der Waals surface area contributed by atoms with Gasteiger partial charge < -0.3 is 20.5 Å². The van der Waals surface area contributed by atoms with E-state index < -0.39 is 18.0 Å². The number of anilines is 1. The van der Waals surface area contributed by atoms with Crippen LogP contribution < -0.4 is 10.6 Å². The summed E-state index contributed by atoms with van der Waals surface area (Å²) in [4.78, 5) is 27.4. The number of hydrogen-bond donors (Lipinski definition) is 3. The molecule has 2 aromatic rings. The maximum atomic E-state index is 11.9. The minimum Gasteiger partial charge on any atom is -0.504 e. The quantitative estimate of drug-likeness (QED) is 0.784. The van der Waals surface area contributed by atoms with Crippen LogP contribution in [0.3, 0.4) is 0 Å². The topological polar surface area (TPSA) is 101 Å². The monoisotopic (exact) mass is 315 g/mol. The summed E-state index contributed by atoms with van der Waals surface area (Å²) in [6.07, 6.45) is 0.725. The molecule has 7 nitrogen and oxygen atoms in total. The summed E-state index contributed by atoms with van der Waals surface area (Å²) in [5, 5.41) is 14.4. The van der Waals surface area contributed by atoms with Crippen LogP contribution in [0.15, 0.2) is 48.7 Å². The summed E-state index contributed by atoms with van der Waals surface area (Å²) >= 11 is 0. The first-order valence-electron chi connectivity index (χ1n) is 6.98. The third-order valence-corrected chi connectivity index (χ3v) is 2.97. The second kappa shape index (κ2) is 7.79. The zero-order chi connectivity index (χ0) is 16.7. The van der Waals surface area contributed by atoms with Gasteiger partial charge in [-0.3, -0.25) is 4.79 Å². The van der Waals surface area contributed by atoms with Gasteiger partial charge in [0.1, 0.15) is 12.6 Å². The molecule has 0 bridgehead atoms. The Morgan fingerprint density at radius 3 is 2.65 bits per heavy atom. The number of amides is 2. The first-order chi connectivity index (χ1) is 11.1. The number of aromatic nitrogens is 1. The Bertz CT molecular complexity index is 676. The van der Waals surface area contributed by atoms with Crippen LogP contribution >= 0.6 is 0 Å². The van der Waals surface area contributed by atoms with Gasteiger partial charge in [-0.15, -0.1) is 0 Å². The molecule has 0 fully saturated rings. The molecule has 23 heavy (non-hydrogen) atoms. The molecule has 2 amide bonds. The van der Waals surface area contributed by atoms with Crippen molar-refractivity contribution in [3.8, 4) is 5.75 Å². The van der Waals surface area contributed by atoms with Gasteiger partial charge in [0.15, 0.2) is 11.6 Å². The number of nitrogens with zero attached hydrogens (tertiary/aromatic N) is 1. The first kappa shape index (κ1) is 16.3. The number of ether oxygens (including phenoxy) is 1. The average molecular weight is 315 g/mol. The molecule has 1 aromatic heterocycles. The highest BCUT2D eigenvalue weighted by molar-refractivity contribution is 5.96. The fourth-order valence-electron chi connectivity index (χ4n) is 1.73. The number of hydrogen-bond acceptors (Lipinski definition) is 5. The van der Waals surface area contributed by atoms with Gasteiger partial charge in [-0.2, -0.15) is 0 Å². The highest BCUT2D eigenvalue weighted by Crippen LogP contribution is 2.18. The number of benzene rings is 1. The minimum atomic E-state index is -0.848. The van der Waals surface area contributed by atoms with Crippen molar-refractivity contribution in [2.24, 2.45) is 0 Å². The Balaban J connectivity index is 1.81. The molecule has 3 N–H and O–H groups in total. The van der Waals surface area contributed by atoms with Crippen LogP contribution in [0.2, 0.25) is 0 Å². The van der Waals surface area contributed by atoms with Gasteiger partial charge in [0.25, 0.3) is 0 Å². The van der Waals surface area contributed by atoms with Gasteiger partial charge in [0.2, 0.25) is 5.91 Å². The number of carbonyl (C=O) groups excluding carboxylic acids is 2. The zero-order valence-corrected chi connectivity index (χ0v) is 12.5. The number of nitrogens with one attached hydrogen (secondary N) is 2. The summed E-state index contributed by atoms with van der Waals surface area (Å²) in [7, 11) is 0. The predicted octanol–water partition coefficient (Wildman–Crippen LogP) is 2.04. The highest BCUT2D eigenvalue weighted by atomic mass is 16.5. The van der Waals surface area contributed by atoms with Crippen LogP contribution in [0.4, 0.5) is 10.6 Å².